The zero-order chi connectivity index (χ0) is 21.3. The van der Waals surface area contributed by atoms with Crippen molar-refractivity contribution >= 4 is 17.3 Å². The zero-order valence-electron chi connectivity index (χ0n) is 17.5. The third kappa shape index (κ3) is 4.02. The Bertz CT molecular complexity index is 923. The Morgan fingerprint density at radius 1 is 1.13 bits per heavy atom. The molecule has 160 valence electrons. The Kier molecular flexibility index (Phi) is 5.72. The van der Waals surface area contributed by atoms with Crippen molar-refractivity contribution in [2.24, 2.45) is 0 Å². The van der Waals surface area contributed by atoms with E-state index in [1.807, 2.05) is 13.8 Å². The van der Waals surface area contributed by atoms with Crippen LogP contribution in [0.15, 0.2) is 22.7 Å². The molecule has 0 bridgehead atoms. The van der Waals surface area contributed by atoms with Gasteiger partial charge in [0.25, 0.3) is 11.6 Å². The molecule has 1 aromatic carbocycles. The first-order chi connectivity index (χ1) is 14.4. The molecule has 0 atom stereocenters. The number of hydrogen-bond donors (Lipinski definition) is 0. The molecule has 0 N–H and O–H groups in total. The van der Waals surface area contributed by atoms with Crippen molar-refractivity contribution in [1.82, 2.24) is 15.0 Å². The summed E-state index contributed by atoms with van der Waals surface area (Å²) in [4.78, 5) is 30.2. The van der Waals surface area contributed by atoms with Gasteiger partial charge in [0.15, 0.2) is 0 Å². The summed E-state index contributed by atoms with van der Waals surface area (Å²) in [6, 6.07) is 4.92. The molecule has 0 spiro atoms. The summed E-state index contributed by atoms with van der Waals surface area (Å²) in [5.74, 6) is 0.619. The van der Waals surface area contributed by atoms with Crippen molar-refractivity contribution in [2.45, 2.75) is 33.2 Å². The summed E-state index contributed by atoms with van der Waals surface area (Å²) in [6.45, 7) is 9.32. The van der Waals surface area contributed by atoms with Crippen molar-refractivity contribution < 1.29 is 14.2 Å². The molecule has 4 rings (SSSR count). The number of carbonyl (C=O) groups excluding carboxylic acids is 1. The molecule has 2 aliphatic heterocycles. The number of hydrogen-bond acceptors (Lipinski definition) is 7. The predicted molar refractivity (Wildman–Crippen MR) is 112 cm³/mol. The Balaban J connectivity index is 1.47. The van der Waals surface area contributed by atoms with E-state index in [-0.39, 0.29) is 17.2 Å². The number of anilines is 1. The van der Waals surface area contributed by atoms with E-state index in [9.17, 15) is 14.9 Å². The number of nitro groups is 1. The van der Waals surface area contributed by atoms with Gasteiger partial charge in [0.05, 0.1) is 10.6 Å². The van der Waals surface area contributed by atoms with Crippen molar-refractivity contribution in [2.75, 3.05) is 44.2 Å². The lowest BCUT2D eigenvalue weighted by molar-refractivity contribution is -0.385. The lowest BCUT2D eigenvalue weighted by Crippen LogP contribution is -2.46. The number of piperazine rings is 1. The Morgan fingerprint density at radius 3 is 2.43 bits per heavy atom. The van der Waals surface area contributed by atoms with Gasteiger partial charge in [-0.2, -0.15) is 0 Å². The van der Waals surface area contributed by atoms with Gasteiger partial charge in [0.1, 0.15) is 11.3 Å². The van der Waals surface area contributed by atoms with E-state index in [2.05, 4.69) is 15.0 Å². The first-order valence-corrected chi connectivity index (χ1v) is 10.4. The number of rotatable bonds is 5. The highest BCUT2D eigenvalue weighted by atomic mass is 16.6. The number of nitro benzene ring substituents is 1. The van der Waals surface area contributed by atoms with E-state index in [1.165, 1.54) is 6.07 Å². The zero-order valence-corrected chi connectivity index (χ0v) is 17.5. The van der Waals surface area contributed by atoms with Crippen LogP contribution in [0.1, 0.15) is 40.2 Å². The Labute approximate surface area is 175 Å². The molecule has 9 heteroatoms. The van der Waals surface area contributed by atoms with Crippen LogP contribution in [0, 0.1) is 24.0 Å². The van der Waals surface area contributed by atoms with E-state index < -0.39 is 4.92 Å². The third-order valence-electron chi connectivity index (χ3n) is 6.10. The van der Waals surface area contributed by atoms with Gasteiger partial charge in [-0.15, -0.1) is 0 Å². The minimum atomic E-state index is -0.464. The van der Waals surface area contributed by atoms with Gasteiger partial charge in [0, 0.05) is 63.1 Å². The standard InChI is InChI=1S/C21H27N5O4/c1-15-19(16(2)30-22-15)14-23-9-11-24(12-10-23)17-5-6-20(26(28)29)18(13-17)21(27)25-7-3-4-8-25/h5-6,13H,3-4,7-12,14H2,1-2H3. The monoisotopic (exact) mass is 413 g/mol. The largest absolute Gasteiger partial charge is 0.369 e. The lowest BCUT2D eigenvalue weighted by Gasteiger charge is -2.36. The van der Waals surface area contributed by atoms with Crippen molar-refractivity contribution in [3.8, 4) is 0 Å². The van der Waals surface area contributed by atoms with Crippen LogP contribution in [0.2, 0.25) is 0 Å². The van der Waals surface area contributed by atoms with Crippen LogP contribution in [0.3, 0.4) is 0 Å². The normalized spacial score (nSPS) is 17.5. The smallest absolute Gasteiger partial charge is 0.282 e. The second-order valence-corrected chi connectivity index (χ2v) is 8.02. The molecule has 2 aromatic rings. The summed E-state index contributed by atoms with van der Waals surface area (Å²) in [5, 5.41) is 15.5. The third-order valence-corrected chi connectivity index (χ3v) is 6.10. The van der Waals surface area contributed by atoms with E-state index in [1.54, 1.807) is 17.0 Å². The highest BCUT2D eigenvalue weighted by molar-refractivity contribution is 5.99. The van der Waals surface area contributed by atoms with E-state index in [0.717, 1.165) is 68.3 Å². The summed E-state index contributed by atoms with van der Waals surface area (Å²) >= 11 is 0. The Hall–Kier alpha value is -2.94. The second-order valence-electron chi connectivity index (χ2n) is 8.02. The van der Waals surface area contributed by atoms with Crippen LogP contribution < -0.4 is 4.90 Å². The predicted octanol–water partition coefficient (Wildman–Crippen LogP) is 2.76. The molecule has 0 unspecified atom stereocenters. The van der Waals surface area contributed by atoms with Crippen molar-refractivity contribution in [3.05, 3.63) is 50.9 Å². The molecule has 3 heterocycles. The fourth-order valence-corrected chi connectivity index (χ4v) is 4.26. The maximum absolute atomic E-state index is 12.9. The van der Waals surface area contributed by atoms with E-state index >= 15 is 0 Å². The van der Waals surface area contributed by atoms with Crippen LogP contribution >= 0.6 is 0 Å². The molecule has 0 aliphatic carbocycles. The van der Waals surface area contributed by atoms with E-state index in [4.69, 9.17) is 4.52 Å². The van der Waals surface area contributed by atoms with Crippen LogP contribution in [0.5, 0.6) is 0 Å². The first-order valence-electron chi connectivity index (χ1n) is 10.4. The average molecular weight is 413 g/mol. The summed E-state index contributed by atoms with van der Waals surface area (Å²) < 4.78 is 5.26. The quantitative estimate of drug-likeness (QED) is 0.549. The van der Waals surface area contributed by atoms with Crippen LogP contribution in [-0.2, 0) is 6.54 Å². The molecular weight excluding hydrogens is 386 g/mol. The molecule has 2 fully saturated rings. The maximum Gasteiger partial charge on any atom is 0.282 e. The van der Waals surface area contributed by atoms with Crippen molar-refractivity contribution in [1.29, 1.82) is 0 Å². The molecule has 1 amide bonds. The SMILES string of the molecule is Cc1noc(C)c1CN1CCN(c2ccc([N+](=O)[O-])c(C(=O)N3CCCC3)c2)CC1. The maximum atomic E-state index is 12.9. The van der Waals surface area contributed by atoms with E-state index in [0.29, 0.717) is 13.1 Å². The highest BCUT2D eigenvalue weighted by Crippen LogP contribution is 2.28. The number of nitrogens with zero attached hydrogens (tertiary/aromatic N) is 5. The van der Waals surface area contributed by atoms with Gasteiger partial charge in [-0.05, 0) is 38.8 Å². The minimum Gasteiger partial charge on any atom is -0.369 e. The molecule has 9 nitrogen and oxygen atoms in total. The summed E-state index contributed by atoms with van der Waals surface area (Å²) in [6.07, 6.45) is 1.90. The number of carbonyl (C=O) groups is 1. The van der Waals surface area contributed by atoms with Crippen LogP contribution in [-0.4, -0.2) is 65.1 Å². The van der Waals surface area contributed by atoms with Crippen LogP contribution in [0.4, 0.5) is 11.4 Å². The van der Waals surface area contributed by atoms with Crippen LogP contribution in [0.25, 0.3) is 0 Å². The minimum absolute atomic E-state index is 0.118. The second kappa shape index (κ2) is 8.43. The molecule has 2 aliphatic rings. The Morgan fingerprint density at radius 2 is 1.83 bits per heavy atom. The fourth-order valence-electron chi connectivity index (χ4n) is 4.26. The molecule has 30 heavy (non-hydrogen) atoms. The number of likely N-dealkylation sites (tertiary alicyclic amines) is 1. The summed E-state index contributed by atoms with van der Waals surface area (Å²) in [7, 11) is 0. The topological polar surface area (TPSA) is 96.0 Å². The lowest BCUT2D eigenvalue weighted by atomic mass is 10.1. The van der Waals surface area contributed by atoms with Crippen molar-refractivity contribution in [3.63, 3.8) is 0 Å². The van der Waals surface area contributed by atoms with Gasteiger partial charge >= 0.3 is 0 Å². The molecule has 0 radical (unpaired) electrons. The number of aryl methyl sites for hydroxylation is 2. The van der Waals surface area contributed by atoms with Gasteiger partial charge in [-0.3, -0.25) is 19.8 Å². The highest BCUT2D eigenvalue weighted by Gasteiger charge is 2.28. The number of benzene rings is 1. The van der Waals surface area contributed by atoms with Gasteiger partial charge in [-0.25, -0.2) is 0 Å². The molecule has 1 aromatic heterocycles. The number of amides is 1. The van der Waals surface area contributed by atoms with Gasteiger partial charge < -0.3 is 14.3 Å². The van der Waals surface area contributed by atoms with Gasteiger partial charge in [0.2, 0.25) is 0 Å². The molecule has 0 saturated carbocycles. The molecule has 2 saturated heterocycles. The fraction of sp³-hybridized carbons (Fsp3) is 0.524. The molecular formula is C21H27N5O4. The number of aromatic nitrogens is 1. The first kappa shape index (κ1) is 20.3. The summed E-state index contributed by atoms with van der Waals surface area (Å²) in [5.41, 5.74) is 3.00. The van der Waals surface area contributed by atoms with Gasteiger partial charge in [-0.1, -0.05) is 5.16 Å². The average Bonchev–Trinajstić information content (AvgIpc) is 3.39.